The number of rotatable bonds is 0. The van der Waals surface area contributed by atoms with E-state index in [1.807, 2.05) is 0 Å². The number of benzene rings is 2. The standard InChI is InChI=1S/C10H7.Pb.H/c1-2-6-10-8-4-3-7-9(10)5-1;;/h1-7H;;. The summed E-state index contributed by atoms with van der Waals surface area (Å²) in [4.78, 5) is 0. The van der Waals surface area contributed by atoms with Gasteiger partial charge in [0.15, 0.2) is 0 Å². The van der Waals surface area contributed by atoms with Gasteiger partial charge in [0.25, 0.3) is 0 Å². The van der Waals surface area contributed by atoms with Gasteiger partial charge in [-0.15, -0.1) is 0 Å². The molecule has 2 radical (unpaired) electrons. The molecule has 2 aromatic rings. The van der Waals surface area contributed by atoms with Crippen LogP contribution < -0.4 is 3.12 Å². The second kappa shape index (κ2) is 2.93. The van der Waals surface area contributed by atoms with Gasteiger partial charge in [0.2, 0.25) is 0 Å². The summed E-state index contributed by atoms with van der Waals surface area (Å²) in [5, 5.41) is 2.80. The molecule has 0 nitrogen and oxygen atoms in total. The summed E-state index contributed by atoms with van der Waals surface area (Å²) in [5.41, 5.74) is 0. The Kier molecular flexibility index (Phi) is 1.94. The molecule has 0 amide bonds. The summed E-state index contributed by atoms with van der Waals surface area (Å²) in [6.07, 6.45) is 0. The average molecular weight is 335 g/mol. The molecule has 2 aromatic carbocycles. The fraction of sp³-hybridized carbons (Fsp3) is 0. The van der Waals surface area contributed by atoms with E-state index in [0.717, 1.165) is 25.8 Å². The van der Waals surface area contributed by atoms with Crippen molar-refractivity contribution in [2.24, 2.45) is 0 Å². The summed E-state index contributed by atoms with van der Waals surface area (Å²) in [7, 11) is 0. The zero-order chi connectivity index (χ0) is 7.68. The summed E-state index contributed by atoms with van der Waals surface area (Å²) in [5.74, 6) is 0. The van der Waals surface area contributed by atoms with E-state index in [-0.39, 0.29) is 0 Å². The molecular weight excluding hydrogens is 327 g/mol. The Bertz CT molecular complexity index is 374. The van der Waals surface area contributed by atoms with Crippen LogP contribution in [-0.2, 0) is 0 Å². The third kappa shape index (κ3) is 1.31. The van der Waals surface area contributed by atoms with E-state index in [2.05, 4.69) is 42.5 Å². The SMILES string of the molecule is [PbH][c]1cccc2ccccc12. The van der Waals surface area contributed by atoms with Crippen molar-refractivity contribution in [3.05, 3.63) is 42.5 Å². The molecule has 0 atom stereocenters. The van der Waals surface area contributed by atoms with Gasteiger partial charge < -0.3 is 0 Å². The van der Waals surface area contributed by atoms with Crippen LogP contribution in [0.3, 0.4) is 0 Å². The first kappa shape index (κ1) is 7.28. The molecular formula is C10H8Pb. The molecule has 0 unspecified atom stereocenters. The first-order chi connectivity index (χ1) is 5.38. The topological polar surface area (TPSA) is 0 Å². The molecule has 0 aliphatic rings. The van der Waals surface area contributed by atoms with E-state index in [1.165, 1.54) is 13.9 Å². The van der Waals surface area contributed by atoms with Crippen molar-refractivity contribution in [1.82, 2.24) is 0 Å². The molecule has 52 valence electrons. The molecule has 0 aromatic heterocycles. The molecule has 0 saturated carbocycles. The van der Waals surface area contributed by atoms with Crippen molar-refractivity contribution in [3.8, 4) is 0 Å². The second-order valence-corrected chi connectivity index (χ2v) is 4.99. The van der Waals surface area contributed by atoms with Gasteiger partial charge in [-0.2, -0.15) is 0 Å². The molecule has 0 aliphatic heterocycles. The van der Waals surface area contributed by atoms with Crippen LogP contribution in [0.15, 0.2) is 42.5 Å². The van der Waals surface area contributed by atoms with E-state index in [4.69, 9.17) is 0 Å². The van der Waals surface area contributed by atoms with Crippen molar-refractivity contribution in [2.75, 3.05) is 0 Å². The van der Waals surface area contributed by atoms with E-state index in [0.29, 0.717) is 0 Å². The van der Waals surface area contributed by atoms with Crippen LogP contribution in [-0.4, -0.2) is 25.8 Å². The third-order valence-corrected chi connectivity index (χ3v) is 3.78. The van der Waals surface area contributed by atoms with Crippen LogP contribution >= 0.6 is 0 Å². The van der Waals surface area contributed by atoms with Crippen LogP contribution in [0.4, 0.5) is 0 Å². The number of hydrogen-bond acceptors (Lipinski definition) is 0. The quantitative estimate of drug-likeness (QED) is 0.638. The normalized spacial score (nSPS) is 10.3. The van der Waals surface area contributed by atoms with E-state index in [9.17, 15) is 0 Å². The Morgan fingerprint density at radius 1 is 0.818 bits per heavy atom. The van der Waals surface area contributed by atoms with Crippen LogP contribution in [0.25, 0.3) is 10.8 Å². The van der Waals surface area contributed by atoms with E-state index < -0.39 is 0 Å². The monoisotopic (exact) mass is 336 g/mol. The summed E-state index contributed by atoms with van der Waals surface area (Å²) in [6, 6.07) is 15.1. The Hall–Kier alpha value is -0.378. The van der Waals surface area contributed by atoms with Crippen LogP contribution in [0, 0.1) is 0 Å². The predicted molar refractivity (Wildman–Crippen MR) is 50.7 cm³/mol. The molecule has 0 aliphatic carbocycles. The van der Waals surface area contributed by atoms with Crippen LogP contribution in [0.1, 0.15) is 0 Å². The molecule has 0 saturated heterocycles. The fourth-order valence-electron chi connectivity index (χ4n) is 1.25. The van der Waals surface area contributed by atoms with Crippen molar-refractivity contribution in [3.63, 3.8) is 0 Å². The maximum absolute atomic E-state index is 2.22. The summed E-state index contributed by atoms with van der Waals surface area (Å²) >= 11 is 0.936. The minimum absolute atomic E-state index is 0.936. The van der Waals surface area contributed by atoms with Gasteiger partial charge in [0.1, 0.15) is 0 Å². The number of hydrogen-bond donors (Lipinski definition) is 0. The van der Waals surface area contributed by atoms with Gasteiger partial charge in [0, 0.05) is 0 Å². The molecule has 0 heterocycles. The Balaban J connectivity index is 2.91. The van der Waals surface area contributed by atoms with Gasteiger partial charge in [-0.3, -0.25) is 0 Å². The van der Waals surface area contributed by atoms with Gasteiger partial charge in [-0.05, 0) is 0 Å². The average Bonchev–Trinajstić information content (AvgIpc) is 2.06. The Labute approximate surface area is 81.9 Å². The van der Waals surface area contributed by atoms with Crippen LogP contribution in [0.2, 0.25) is 0 Å². The van der Waals surface area contributed by atoms with Crippen molar-refractivity contribution >= 4 is 39.7 Å². The van der Waals surface area contributed by atoms with Crippen molar-refractivity contribution < 1.29 is 0 Å². The van der Waals surface area contributed by atoms with Gasteiger partial charge in [-0.25, -0.2) is 0 Å². The molecule has 11 heavy (non-hydrogen) atoms. The van der Waals surface area contributed by atoms with E-state index in [1.54, 1.807) is 0 Å². The molecule has 0 fully saturated rings. The molecule has 2 rings (SSSR count). The number of fused-ring (bicyclic) bond motifs is 1. The van der Waals surface area contributed by atoms with Crippen molar-refractivity contribution in [1.29, 1.82) is 0 Å². The minimum atomic E-state index is 0.936. The second-order valence-electron chi connectivity index (χ2n) is 2.57. The van der Waals surface area contributed by atoms with Gasteiger partial charge >= 0.3 is 82.1 Å². The Morgan fingerprint density at radius 3 is 2.36 bits per heavy atom. The zero-order valence-corrected chi connectivity index (χ0v) is 10.6. The van der Waals surface area contributed by atoms with E-state index >= 15 is 0 Å². The summed E-state index contributed by atoms with van der Waals surface area (Å²) in [6.45, 7) is 0. The molecule has 0 spiro atoms. The molecule has 1 heteroatoms. The predicted octanol–water partition coefficient (Wildman–Crippen LogP) is 1.37. The first-order valence-corrected chi connectivity index (χ1v) is 5.85. The molecule has 0 bridgehead atoms. The Morgan fingerprint density at radius 2 is 1.55 bits per heavy atom. The fourth-order valence-corrected chi connectivity index (χ4v) is 2.70. The van der Waals surface area contributed by atoms with Crippen molar-refractivity contribution in [2.45, 2.75) is 0 Å². The maximum atomic E-state index is 2.22. The molecule has 0 N–H and O–H groups in total. The third-order valence-electron chi connectivity index (χ3n) is 1.82. The van der Waals surface area contributed by atoms with Crippen LogP contribution in [0.5, 0.6) is 0 Å². The summed E-state index contributed by atoms with van der Waals surface area (Å²) < 4.78 is 1.52. The first-order valence-electron chi connectivity index (χ1n) is 3.61. The van der Waals surface area contributed by atoms with Gasteiger partial charge in [-0.1, -0.05) is 0 Å². The van der Waals surface area contributed by atoms with Gasteiger partial charge in [0.05, 0.1) is 0 Å². The zero-order valence-electron chi connectivity index (χ0n) is 6.12.